The molecule has 1 N–H and O–H groups in total. The molecule has 0 bridgehead atoms. The number of nitrogens with zero attached hydrogens (tertiary/aromatic N) is 2. The van der Waals surface area contributed by atoms with E-state index in [4.69, 9.17) is 0 Å². The molecule has 1 amide bonds. The van der Waals surface area contributed by atoms with Crippen molar-refractivity contribution < 1.29 is 4.79 Å². The first kappa shape index (κ1) is 14.1. The number of anilines is 1. The van der Waals surface area contributed by atoms with Crippen LogP contribution in [0.25, 0.3) is 5.69 Å². The highest BCUT2D eigenvalue weighted by atomic mass is 16.1. The number of carbonyl (C=O) groups is 1. The molecule has 4 heteroatoms. The summed E-state index contributed by atoms with van der Waals surface area (Å²) in [5, 5.41) is 2.96. The molecule has 0 fully saturated rings. The van der Waals surface area contributed by atoms with Crippen LogP contribution in [0.15, 0.2) is 60.9 Å². The van der Waals surface area contributed by atoms with Gasteiger partial charge in [0.1, 0.15) is 5.69 Å². The second-order valence-electron chi connectivity index (χ2n) is 5.14. The zero-order valence-corrected chi connectivity index (χ0v) is 12.6. The van der Waals surface area contributed by atoms with Gasteiger partial charge in [-0.1, -0.05) is 18.2 Å². The Morgan fingerprint density at radius 2 is 1.86 bits per heavy atom. The van der Waals surface area contributed by atoms with Gasteiger partial charge in [0, 0.05) is 18.1 Å². The van der Waals surface area contributed by atoms with Crippen LogP contribution < -0.4 is 5.32 Å². The summed E-state index contributed by atoms with van der Waals surface area (Å²) in [5.74, 6) is -0.137. The van der Waals surface area contributed by atoms with Gasteiger partial charge in [0.15, 0.2) is 0 Å². The first-order chi connectivity index (χ1) is 10.7. The van der Waals surface area contributed by atoms with Gasteiger partial charge in [-0.3, -0.25) is 9.78 Å². The summed E-state index contributed by atoms with van der Waals surface area (Å²) in [5.41, 5.74) is 4.22. The predicted octanol–water partition coefficient (Wildman–Crippen LogP) is 3.74. The molecule has 1 aromatic carbocycles. The number of aryl methyl sites for hydroxylation is 2. The predicted molar refractivity (Wildman–Crippen MR) is 87.4 cm³/mol. The van der Waals surface area contributed by atoms with E-state index in [1.807, 2.05) is 67.1 Å². The monoisotopic (exact) mass is 291 g/mol. The molecule has 3 aromatic rings. The average Bonchev–Trinajstić information content (AvgIpc) is 2.99. The molecule has 0 saturated carbocycles. The fourth-order valence-electron chi connectivity index (χ4n) is 2.41. The number of hydrogen-bond acceptors (Lipinski definition) is 2. The Morgan fingerprint density at radius 1 is 1.05 bits per heavy atom. The van der Waals surface area contributed by atoms with Crippen LogP contribution >= 0.6 is 0 Å². The molecule has 0 saturated heterocycles. The lowest BCUT2D eigenvalue weighted by Gasteiger charge is -2.12. The number of hydrogen-bond donors (Lipinski definition) is 1. The summed E-state index contributed by atoms with van der Waals surface area (Å²) in [6.07, 6.45) is 3.62. The lowest BCUT2D eigenvalue weighted by atomic mass is 10.2. The van der Waals surface area contributed by atoms with Crippen LogP contribution in [0.4, 0.5) is 5.69 Å². The first-order valence-corrected chi connectivity index (χ1v) is 7.13. The van der Waals surface area contributed by atoms with E-state index in [0.29, 0.717) is 5.69 Å². The topological polar surface area (TPSA) is 46.9 Å². The summed E-state index contributed by atoms with van der Waals surface area (Å²) in [4.78, 5) is 16.9. The van der Waals surface area contributed by atoms with Crippen LogP contribution in [0.3, 0.4) is 0 Å². The maximum Gasteiger partial charge on any atom is 0.272 e. The second-order valence-corrected chi connectivity index (χ2v) is 5.14. The van der Waals surface area contributed by atoms with E-state index in [-0.39, 0.29) is 5.91 Å². The van der Waals surface area contributed by atoms with Gasteiger partial charge < -0.3 is 9.88 Å². The van der Waals surface area contributed by atoms with Gasteiger partial charge in [-0.05, 0) is 49.7 Å². The van der Waals surface area contributed by atoms with Crippen LogP contribution in [0.2, 0.25) is 0 Å². The average molecular weight is 291 g/mol. The van der Waals surface area contributed by atoms with Crippen molar-refractivity contribution in [1.29, 1.82) is 0 Å². The van der Waals surface area contributed by atoms with E-state index >= 15 is 0 Å². The van der Waals surface area contributed by atoms with Gasteiger partial charge >= 0.3 is 0 Å². The van der Waals surface area contributed by atoms with E-state index < -0.39 is 0 Å². The van der Waals surface area contributed by atoms with Crippen molar-refractivity contribution in [2.45, 2.75) is 13.8 Å². The number of pyridine rings is 1. The first-order valence-electron chi connectivity index (χ1n) is 7.13. The molecule has 110 valence electrons. The molecule has 4 nitrogen and oxygen atoms in total. The van der Waals surface area contributed by atoms with Crippen LogP contribution in [0, 0.1) is 13.8 Å². The summed E-state index contributed by atoms with van der Waals surface area (Å²) in [6, 6.07) is 15.2. The zero-order chi connectivity index (χ0) is 15.5. The molecule has 3 rings (SSSR count). The molecule has 2 heterocycles. The quantitative estimate of drug-likeness (QED) is 0.799. The molecule has 0 radical (unpaired) electrons. The highest BCUT2D eigenvalue weighted by Crippen LogP contribution is 2.18. The lowest BCUT2D eigenvalue weighted by Crippen LogP contribution is -2.17. The van der Waals surface area contributed by atoms with Crippen LogP contribution in [-0.4, -0.2) is 15.5 Å². The Bertz CT molecular complexity index is 820. The second kappa shape index (κ2) is 5.85. The minimum Gasteiger partial charge on any atom is -0.320 e. The molecule has 22 heavy (non-hydrogen) atoms. The van der Waals surface area contributed by atoms with Crippen molar-refractivity contribution in [2.75, 3.05) is 5.32 Å². The molecule has 0 aliphatic rings. The normalized spacial score (nSPS) is 10.5. The summed E-state index contributed by atoms with van der Waals surface area (Å²) < 4.78 is 1.86. The fourth-order valence-corrected chi connectivity index (χ4v) is 2.41. The Labute approximate surface area is 129 Å². The SMILES string of the molecule is Cc1ccccc1NC(=O)c1cccn1-c1cccnc1C. The van der Waals surface area contributed by atoms with Crippen molar-refractivity contribution in [3.63, 3.8) is 0 Å². The lowest BCUT2D eigenvalue weighted by molar-refractivity contribution is 0.102. The van der Waals surface area contributed by atoms with Gasteiger partial charge in [-0.15, -0.1) is 0 Å². The van der Waals surface area contributed by atoms with Crippen LogP contribution in [-0.2, 0) is 0 Å². The fraction of sp³-hybridized carbons (Fsp3) is 0.111. The van der Waals surface area contributed by atoms with Gasteiger partial charge in [0.25, 0.3) is 5.91 Å². The Hall–Kier alpha value is -2.88. The summed E-state index contributed by atoms with van der Waals surface area (Å²) >= 11 is 0. The third-order valence-corrected chi connectivity index (χ3v) is 3.61. The molecule has 0 aliphatic carbocycles. The van der Waals surface area contributed by atoms with Gasteiger partial charge in [-0.2, -0.15) is 0 Å². The molecular formula is C18H17N3O. The summed E-state index contributed by atoms with van der Waals surface area (Å²) in [6.45, 7) is 3.90. The number of rotatable bonds is 3. The minimum atomic E-state index is -0.137. The third kappa shape index (κ3) is 2.63. The number of para-hydroxylation sites is 1. The molecular weight excluding hydrogens is 274 g/mol. The van der Waals surface area contributed by atoms with Crippen molar-refractivity contribution in [2.24, 2.45) is 0 Å². The van der Waals surface area contributed by atoms with Gasteiger partial charge in [-0.25, -0.2) is 0 Å². The molecule has 0 aliphatic heterocycles. The van der Waals surface area contributed by atoms with Crippen molar-refractivity contribution in [1.82, 2.24) is 9.55 Å². The third-order valence-electron chi connectivity index (χ3n) is 3.61. The van der Waals surface area contributed by atoms with E-state index in [2.05, 4.69) is 10.3 Å². The van der Waals surface area contributed by atoms with E-state index in [0.717, 1.165) is 22.6 Å². The van der Waals surface area contributed by atoms with Gasteiger partial charge in [0.05, 0.1) is 11.4 Å². The molecule has 0 unspecified atom stereocenters. The number of nitrogens with one attached hydrogen (secondary N) is 1. The molecule has 0 atom stereocenters. The largest absolute Gasteiger partial charge is 0.320 e. The number of aromatic nitrogens is 2. The number of carbonyl (C=O) groups excluding carboxylic acids is 1. The highest BCUT2D eigenvalue weighted by molar-refractivity contribution is 6.04. The zero-order valence-electron chi connectivity index (χ0n) is 12.6. The van der Waals surface area contributed by atoms with E-state index in [1.54, 1.807) is 12.3 Å². The Morgan fingerprint density at radius 3 is 2.64 bits per heavy atom. The maximum atomic E-state index is 12.6. The smallest absolute Gasteiger partial charge is 0.272 e. The van der Waals surface area contributed by atoms with Gasteiger partial charge in [0.2, 0.25) is 0 Å². The molecule has 2 aromatic heterocycles. The van der Waals surface area contributed by atoms with E-state index in [9.17, 15) is 4.79 Å². The Kier molecular flexibility index (Phi) is 3.74. The maximum absolute atomic E-state index is 12.6. The Balaban J connectivity index is 1.94. The van der Waals surface area contributed by atoms with Crippen molar-refractivity contribution in [3.05, 3.63) is 77.9 Å². The highest BCUT2D eigenvalue weighted by Gasteiger charge is 2.14. The van der Waals surface area contributed by atoms with Crippen LogP contribution in [0.1, 0.15) is 21.7 Å². The van der Waals surface area contributed by atoms with Crippen molar-refractivity contribution in [3.8, 4) is 5.69 Å². The minimum absolute atomic E-state index is 0.137. The van der Waals surface area contributed by atoms with Crippen molar-refractivity contribution >= 4 is 11.6 Å². The van der Waals surface area contributed by atoms with E-state index in [1.165, 1.54) is 0 Å². The van der Waals surface area contributed by atoms with Crippen LogP contribution in [0.5, 0.6) is 0 Å². The number of amides is 1. The standard InChI is InChI=1S/C18H17N3O/c1-13-7-3-4-8-15(13)20-18(22)17-10-6-12-21(17)16-9-5-11-19-14(16)2/h3-12H,1-2H3,(H,20,22). The number of benzene rings is 1. The molecule has 0 spiro atoms. The summed E-state index contributed by atoms with van der Waals surface area (Å²) in [7, 11) is 0.